The summed E-state index contributed by atoms with van der Waals surface area (Å²) < 4.78 is 0. The van der Waals surface area contributed by atoms with E-state index in [4.69, 9.17) is 17.3 Å². The van der Waals surface area contributed by atoms with E-state index < -0.39 is 0 Å². The van der Waals surface area contributed by atoms with E-state index in [9.17, 15) is 9.59 Å². The van der Waals surface area contributed by atoms with Crippen LogP contribution in [0.2, 0.25) is 5.02 Å². The third-order valence-electron chi connectivity index (χ3n) is 3.26. The molecule has 0 bridgehead atoms. The average Bonchev–Trinajstić information content (AvgIpc) is 2.57. The molecule has 4 N–H and O–H groups in total. The smallest absolute Gasteiger partial charge is 0.248 e. The highest BCUT2D eigenvalue weighted by molar-refractivity contribution is 6.30. The second-order valence-electron chi connectivity index (χ2n) is 5.16. The zero-order valence-corrected chi connectivity index (χ0v) is 13.9. The predicted molar refractivity (Wildman–Crippen MR) is 98.0 cm³/mol. The largest absolute Gasteiger partial charge is 0.325 e. The summed E-state index contributed by atoms with van der Waals surface area (Å²) in [6, 6.07) is 12.4. The van der Waals surface area contributed by atoms with E-state index >= 15 is 0 Å². The van der Waals surface area contributed by atoms with Crippen molar-refractivity contribution in [1.29, 1.82) is 0 Å². The molecule has 0 unspecified atom stereocenters. The van der Waals surface area contributed by atoms with E-state index in [1.54, 1.807) is 30.3 Å². The van der Waals surface area contributed by atoms with E-state index in [2.05, 4.69) is 10.6 Å². The normalized spacial score (nSPS) is 10.6. The Bertz CT molecular complexity index is 770. The summed E-state index contributed by atoms with van der Waals surface area (Å²) in [5, 5.41) is 6.08. The first-order chi connectivity index (χ1) is 11.5. The van der Waals surface area contributed by atoms with E-state index in [-0.39, 0.29) is 18.4 Å². The lowest BCUT2D eigenvalue weighted by Crippen LogP contribution is -2.22. The molecule has 5 nitrogen and oxygen atoms in total. The molecule has 0 aliphatic rings. The van der Waals surface area contributed by atoms with Crippen LogP contribution < -0.4 is 16.4 Å². The molecule has 2 amide bonds. The second-order valence-corrected chi connectivity index (χ2v) is 5.59. The number of rotatable bonds is 5. The Morgan fingerprint density at radius 1 is 1.12 bits per heavy atom. The number of halogens is 1. The number of amides is 2. The summed E-state index contributed by atoms with van der Waals surface area (Å²) in [4.78, 5) is 23.4. The minimum atomic E-state index is -0.288. The van der Waals surface area contributed by atoms with Gasteiger partial charge in [-0.3, -0.25) is 9.59 Å². The fourth-order valence-corrected chi connectivity index (χ4v) is 2.09. The van der Waals surface area contributed by atoms with E-state index in [1.807, 2.05) is 25.1 Å². The van der Waals surface area contributed by atoms with Gasteiger partial charge >= 0.3 is 0 Å². The van der Waals surface area contributed by atoms with Crippen LogP contribution in [0, 0.1) is 6.92 Å². The van der Waals surface area contributed by atoms with Gasteiger partial charge in [0.25, 0.3) is 0 Å². The molecule has 0 aliphatic carbocycles. The molecule has 0 radical (unpaired) electrons. The molecular formula is C18H18ClN3O2. The van der Waals surface area contributed by atoms with Gasteiger partial charge in [0.1, 0.15) is 0 Å². The molecular weight excluding hydrogens is 326 g/mol. The van der Waals surface area contributed by atoms with Gasteiger partial charge in [-0.15, -0.1) is 0 Å². The number of nitrogens with one attached hydrogen (secondary N) is 2. The molecule has 0 fully saturated rings. The summed E-state index contributed by atoms with van der Waals surface area (Å²) >= 11 is 5.81. The van der Waals surface area contributed by atoms with Gasteiger partial charge in [-0.25, -0.2) is 0 Å². The number of carbonyl (C=O) groups is 2. The summed E-state index contributed by atoms with van der Waals surface area (Å²) in [6.45, 7) is 1.76. The topological polar surface area (TPSA) is 84.2 Å². The number of carbonyl (C=O) groups excluding carboxylic acids is 2. The van der Waals surface area contributed by atoms with Crippen molar-refractivity contribution >= 4 is 40.9 Å². The maximum absolute atomic E-state index is 12.0. The number of hydrogen-bond acceptors (Lipinski definition) is 3. The fourth-order valence-electron chi connectivity index (χ4n) is 1.97. The molecule has 2 aromatic rings. The van der Waals surface area contributed by atoms with Crippen LogP contribution in [-0.4, -0.2) is 18.4 Å². The first-order valence-corrected chi connectivity index (χ1v) is 7.71. The highest BCUT2D eigenvalue weighted by atomic mass is 35.5. The maximum atomic E-state index is 12.0. The first-order valence-electron chi connectivity index (χ1n) is 7.33. The van der Waals surface area contributed by atoms with Crippen molar-refractivity contribution in [3.63, 3.8) is 0 Å². The van der Waals surface area contributed by atoms with Crippen LogP contribution >= 0.6 is 11.6 Å². The van der Waals surface area contributed by atoms with E-state index in [0.29, 0.717) is 16.4 Å². The summed E-state index contributed by atoms with van der Waals surface area (Å²) in [5.41, 5.74) is 8.24. The standard InChI is InChI=1S/C18H18ClN3O2/c1-12-2-8-15(10-16(12)22-18(24)11-20)21-17(23)9-5-13-3-6-14(19)7-4-13/h2-10H,11,20H2,1H3,(H,21,23)(H,22,24)/b9-5+. The number of nitrogens with two attached hydrogens (primary N) is 1. The van der Waals surface area contributed by atoms with Crippen LogP contribution in [0.1, 0.15) is 11.1 Å². The van der Waals surface area contributed by atoms with Crippen molar-refractivity contribution in [3.05, 3.63) is 64.7 Å². The van der Waals surface area contributed by atoms with Crippen molar-refractivity contribution in [2.45, 2.75) is 6.92 Å². The molecule has 0 atom stereocenters. The van der Waals surface area contributed by atoms with Crippen molar-refractivity contribution in [2.24, 2.45) is 5.73 Å². The lowest BCUT2D eigenvalue weighted by Gasteiger charge is -2.10. The highest BCUT2D eigenvalue weighted by Gasteiger charge is 2.05. The van der Waals surface area contributed by atoms with Gasteiger partial charge in [0.2, 0.25) is 11.8 Å². The average molecular weight is 344 g/mol. The molecule has 2 rings (SSSR count). The minimum absolute atomic E-state index is 0.0974. The van der Waals surface area contributed by atoms with E-state index in [1.165, 1.54) is 6.08 Å². The minimum Gasteiger partial charge on any atom is -0.325 e. The lowest BCUT2D eigenvalue weighted by atomic mass is 10.1. The fraction of sp³-hybridized carbons (Fsp3) is 0.111. The molecule has 0 heterocycles. The zero-order valence-electron chi connectivity index (χ0n) is 13.2. The molecule has 0 saturated heterocycles. The summed E-state index contributed by atoms with van der Waals surface area (Å²) in [7, 11) is 0. The summed E-state index contributed by atoms with van der Waals surface area (Å²) in [6.07, 6.45) is 3.12. The Morgan fingerprint density at radius 2 is 1.83 bits per heavy atom. The molecule has 6 heteroatoms. The van der Waals surface area contributed by atoms with E-state index in [0.717, 1.165) is 11.1 Å². The number of aryl methyl sites for hydroxylation is 1. The quantitative estimate of drug-likeness (QED) is 0.729. The third-order valence-corrected chi connectivity index (χ3v) is 3.51. The van der Waals surface area contributed by atoms with Crippen LogP contribution in [0.15, 0.2) is 48.5 Å². The molecule has 0 spiro atoms. The Labute approximate surface area is 145 Å². The zero-order chi connectivity index (χ0) is 17.5. The third kappa shape index (κ3) is 5.22. The number of anilines is 2. The molecule has 2 aromatic carbocycles. The molecule has 0 aromatic heterocycles. The van der Waals surface area contributed by atoms with Crippen molar-refractivity contribution in [1.82, 2.24) is 0 Å². The maximum Gasteiger partial charge on any atom is 0.248 e. The highest BCUT2D eigenvalue weighted by Crippen LogP contribution is 2.20. The van der Waals surface area contributed by atoms with Gasteiger partial charge < -0.3 is 16.4 Å². The lowest BCUT2D eigenvalue weighted by molar-refractivity contribution is -0.115. The van der Waals surface area contributed by atoms with Gasteiger partial charge in [-0.05, 0) is 48.4 Å². The monoisotopic (exact) mass is 343 g/mol. The predicted octanol–water partition coefficient (Wildman–Crippen LogP) is 3.20. The van der Waals surface area contributed by atoms with Crippen molar-refractivity contribution in [2.75, 3.05) is 17.2 Å². The van der Waals surface area contributed by atoms with Crippen molar-refractivity contribution in [3.8, 4) is 0 Å². The van der Waals surface area contributed by atoms with Gasteiger partial charge in [0, 0.05) is 22.5 Å². The Morgan fingerprint density at radius 3 is 2.50 bits per heavy atom. The second kappa shape index (κ2) is 8.29. The SMILES string of the molecule is Cc1ccc(NC(=O)/C=C/c2ccc(Cl)cc2)cc1NC(=O)CN. The van der Waals surface area contributed by atoms with Gasteiger partial charge in [-0.1, -0.05) is 29.8 Å². The van der Waals surface area contributed by atoms with Gasteiger partial charge in [0.15, 0.2) is 0 Å². The van der Waals surface area contributed by atoms with Crippen LogP contribution in [-0.2, 0) is 9.59 Å². The van der Waals surface area contributed by atoms with Gasteiger partial charge in [0.05, 0.1) is 6.54 Å². The molecule has 0 saturated carbocycles. The van der Waals surface area contributed by atoms with Crippen LogP contribution in [0.25, 0.3) is 6.08 Å². The Kier molecular flexibility index (Phi) is 6.12. The number of hydrogen-bond donors (Lipinski definition) is 3. The van der Waals surface area contributed by atoms with Crippen LogP contribution in [0.4, 0.5) is 11.4 Å². The molecule has 0 aliphatic heterocycles. The molecule has 124 valence electrons. The Hall–Kier alpha value is -2.63. The van der Waals surface area contributed by atoms with Crippen LogP contribution in [0.3, 0.4) is 0 Å². The van der Waals surface area contributed by atoms with Crippen molar-refractivity contribution < 1.29 is 9.59 Å². The van der Waals surface area contributed by atoms with Gasteiger partial charge in [-0.2, -0.15) is 0 Å². The number of benzene rings is 2. The Balaban J connectivity index is 2.04. The first kappa shape index (κ1) is 17.7. The van der Waals surface area contributed by atoms with Crippen LogP contribution in [0.5, 0.6) is 0 Å². The summed E-state index contributed by atoms with van der Waals surface area (Å²) in [5.74, 6) is -0.561. The molecule has 24 heavy (non-hydrogen) atoms.